The Morgan fingerprint density at radius 2 is 1.47 bits per heavy atom. The van der Waals surface area contributed by atoms with Crippen LogP contribution in [0.4, 0.5) is 0 Å². The van der Waals surface area contributed by atoms with E-state index in [0.29, 0.717) is 0 Å². The van der Waals surface area contributed by atoms with Gasteiger partial charge >= 0.3 is 40.8 Å². The van der Waals surface area contributed by atoms with Gasteiger partial charge in [0.15, 0.2) is 0 Å². The van der Waals surface area contributed by atoms with Gasteiger partial charge in [0.2, 0.25) is 0 Å². The molecule has 1 radical (unpaired) electrons. The molecule has 0 unspecified atom stereocenters. The average molecular weight is 383 g/mol. The molecule has 0 saturated heterocycles. The molecular formula is C8H17NdO4P2. The van der Waals surface area contributed by atoms with Crippen LogP contribution in [0, 0.1) is 47.3 Å². The number of rotatable bonds is 5. The summed E-state index contributed by atoms with van der Waals surface area (Å²) in [6.07, 6.45) is 9.12. The van der Waals surface area contributed by atoms with Crippen LogP contribution in [0.2, 0.25) is 0 Å². The Morgan fingerprint density at radius 1 is 1.07 bits per heavy atom. The largest absolute Gasteiger partial charge is 3.00 e. The van der Waals surface area contributed by atoms with Gasteiger partial charge in [0.05, 0.1) is 17.4 Å². The average Bonchev–Trinajstić information content (AvgIpc) is 2.15. The molecule has 0 heterocycles. The smallest absolute Gasteiger partial charge is 0.772 e. The second-order valence-corrected chi connectivity index (χ2v) is 2.70. The molecular weight excluding hydrogens is 366 g/mol. The standard InChI is InChI=1S/C8H17.Nd.2HO2P/c1-3-5-7-8-6-4-2;;2*1-3-2/h3H,4-8H2,1-2H3;;2*(H,1,2)/q-1;+3;;/p-2. The van der Waals surface area contributed by atoms with Gasteiger partial charge in [-0.25, -0.2) is 0 Å². The van der Waals surface area contributed by atoms with E-state index in [-0.39, 0.29) is 40.8 Å². The topological polar surface area (TPSA) is 80.3 Å². The van der Waals surface area contributed by atoms with Gasteiger partial charge in [-0.3, -0.25) is 9.13 Å². The predicted molar refractivity (Wildman–Crippen MR) is 53.9 cm³/mol. The van der Waals surface area contributed by atoms with Gasteiger partial charge in [-0.1, -0.05) is 32.6 Å². The van der Waals surface area contributed by atoms with Crippen molar-refractivity contribution in [1.82, 2.24) is 0 Å². The second kappa shape index (κ2) is 36.1. The van der Waals surface area contributed by atoms with Gasteiger partial charge in [-0.2, -0.15) is 13.3 Å². The molecule has 0 aliphatic carbocycles. The van der Waals surface area contributed by atoms with Gasteiger partial charge in [-0.05, 0) is 0 Å². The predicted octanol–water partition coefficient (Wildman–Crippen LogP) is 2.29. The van der Waals surface area contributed by atoms with Crippen molar-refractivity contribution in [1.29, 1.82) is 0 Å². The molecule has 0 bridgehead atoms. The normalized spacial score (nSPS) is 8.00. The van der Waals surface area contributed by atoms with E-state index in [0.717, 1.165) is 0 Å². The summed E-state index contributed by atoms with van der Waals surface area (Å²) in [5, 5.41) is 0. The number of unbranched alkanes of at least 4 members (excludes halogenated alkanes) is 5. The van der Waals surface area contributed by atoms with Gasteiger partial charge in [-0.15, -0.1) is 0 Å². The Labute approximate surface area is 128 Å². The van der Waals surface area contributed by atoms with Gasteiger partial charge < -0.3 is 16.2 Å². The molecule has 0 spiro atoms. The molecule has 0 aromatic rings. The molecule has 4 nitrogen and oxygen atoms in total. The van der Waals surface area contributed by atoms with Crippen LogP contribution in [0.15, 0.2) is 0 Å². The zero-order chi connectivity index (χ0) is 11.7. The van der Waals surface area contributed by atoms with E-state index < -0.39 is 17.4 Å². The number of hydrogen-bond donors (Lipinski definition) is 0. The molecule has 15 heavy (non-hydrogen) atoms. The van der Waals surface area contributed by atoms with Gasteiger partial charge in [0.25, 0.3) is 0 Å². The fraction of sp³-hybridized carbons (Fsp3) is 0.875. The van der Waals surface area contributed by atoms with Crippen molar-refractivity contribution in [2.24, 2.45) is 0 Å². The molecule has 0 fully saturated rings. The van der Waals surface area contributed by atoms with E-state index in [1.54, 1.807) is 0 Å². The third kappa shape index (κ3) is 67.0. The molecule has 7 heteroatoms. The van der Waals surface area contributed by atoms with E-state index in [1.165, 1.54) is 32.1 Å². The molecule has 87 valence electrons. The molecule has 0 amide bonds. The molecule has 0 rings (SSSR count). The molecule has 0 atom stereocenters. The third-order valence-electron chi connectivity index (χ3n) is 1.35. The van der Waals surface area contributed by atoms with Crippen molar-refractivity contribution in [3.05, 3.63) is 6.42 Å². The van der Waals surface area contributed by atoms with Crippen LogP contribution in [-0.2, 0) is 9.13 Å². The van der Waals surface area contributed by atoms with Crippen molar-refractivity contribution in [2.45, 2.75) is 46.0 Å². The Balaban J connectivity index is -0.0000000733. The van der Waals surface area contributed by atoms with E-state index >= 15 is 0 Å². The summed E-state index contributed by atoms with van der Waals surface area (Å²) in [6, 6.07) is 0. The maximum absolute atomic E-state index is 8.35. The van der Waals surface area contributed by atoms with Gasteiger partial charge in [0, 0.05) is 0 Å². The molecule has 0 aliphatic heterocycles. The zero-order valence-corrected chi connectivity index (χ0v) is 14.1. The fourth-order valence-electron chi connectivity index (χ4n) is 0.775. The van der Waals surface area contributed by atoms with Crippen LogP contribution in [0.1, 0.15) is 46.0 Å². The Bertz CT molecular complexity index is 94.6. The molecule has 0 aliphatic rings. The minimum absolute atomic E-state index is 0. The summed E-state index contributed by atoms with van der Waals surface area (Å²) in [7, 11) is -2.17. The molecule has 0 aromatic carbocycles. The zero-order valence-electron chi connectivity index (χ0n) is 9.14. The monoisotopic (exact) mass is 381 g/mol. The molecule has 0 saturated carbocycles. The van der Waals surface area contributed by atoms with Crippen LogP contribution in [0.25, 0.3) is 0 Å². The summed E-state index contributed by atoms with van der Waals surface area (Å²) in [5.41, 5.74) is 0. The summed E-state index contributed by atoms with van der Waals surface area (Å²) in [4.78, 5) is 16.7. The summed E-state index contributed by atoms with van der Waals surface area (Å²) < 4.78 is 16.7. The quantitative estimate of drug-likeness (QED) is 0.414. The summed E-state index contributed by atoms with van der Waals surface area (Å²) in [5.74, 6) is 0. The van der Waals surface area contributed by atoms with E-state index in [1.807, 2.05) is 0 Å². The van der Waals surface area contributed by atoms with Crippen molar-refractivity contribution in [3.8, 4) is 0 Å². The van der Waals surface area contributed by atoms with E-state index in [4.69, 9.17) is 18.9 Å². The minimum Gasteiger partial charge on any atom is -0.772 e. The first-order chi connectivity index (χ1) is 6.74. The van der Waals surface area contributed by atoms with Crippen molar-refractivity contribution in [2.75, 3.05) is 0 Å². The third-order valence-corrected chi connectivity index (χ3v) is 1.35. The second-order valence-electron chi connectivity index (χ2n) is 2.41. The Hall–Kier alpha value is 1.47. The van der Waals surface area contributed by atoms with Crippen molar-refractivity contribution >= 4 is 17.4 Å². The van der Waals surface area contributed by atoms with E-state index in [9.17, 15) is 0 Å². The van der Waals surface area contributed by atoms with Crippen molar-refractivity contribution < 1.29 is 59.8 Å². The minimum atomic E-state index is -1.08. The van der Waals surface area contributed by atoms with E-state index in [2.05, 4.69) is 20.3 Å². The molecule has 0 aromatic heterocycles. The first-order valence-electron chi connectivity index (χ1n) is 4.42. The van der Waals surface area contributed by atoms with Crippen molar-refractivity contribution in [3.63, 3.8) is 0 Å². The van der Waals surface area contributed by atoms with Crippen LogP contribution in [0.3, 0.4) is 0 Å². The SMILES string of the molecule is C[CH-]CCCCCC.O=P[O-].O=P[O-].[Nd+3]. The first kappa shape index (κ1) is 25.3. The van der Waals surface area contributed by atoms with Gasteiger partial charge in [0.1, 0.15) is 0 Å². The summed E-state index contributed by atoms with van der Waals surface area (Å²) >= 11 is 0. The first-order valence-corrected chi connectivity index (χ1v) is 5.88. The van der Waals surface area contributed by atoms with Crippen LogP contribution < -0.4 is 9.79 Å². The van der Waals surface area contributed by atoms with Crippen LogP contribution in [0.5, 0.6) is 0 Å². The van der Waals surface area contributed by atoms with Crippen LogP contribution >= 0.6 is 17.4 Å². The van der Waals surface area contributed by atoms with Crippen LogP contribution in [-0.4, -0.2) is 0 Å². The Morgan fingerprint density at radius 3 is 1.73 bits per heavy atom. The molecule has 0 N–H and O–H groups in total. The maximum Gasteiger partial charge on any atom is 3.00 e. The number of hydrogen-bond acceptors (Lipinski definition) is 4. The summed E-state index contributed by atoms with van der Waals surface area (Å²) in [6.45, 7) is 4.38. The maximum atomic E-state index is 8.35. The fourth-order valence-corrected chi connectivity index (χ4v) is 0.775. The Kier molecular flexibility index (Phi) is 61.0.